The first-order chi connectivity index (χ1) is 8.40. The highest BCUT2D eigenvalue weighted by Gasteiger charge is 2.30. The molecule has 0 saturated carbocycles. The summed E-state index contributed by atoms with van der Waals surface area (Å²) in [5.74, 6) is 6.27. The number of hydrazine groups is 1. The molecule has 0 radical (unpaired) electrons. The van der Waals surface area contributed by atoms with E-state index in [1.807, 2.05) is 0 Å². The van der Waals surface area contributed by atoms with Crippen LogP contribution >= 0.6 is 11.3 Å². The van der Waals surface area contributed by atoms with Crippen molar-refractivity contribution in [2.45, 2.75) is 24.8 Å². The quantitative estimate of drug-likeness (QED) is 0.643. The Morgan fingerprint density at radius 1 is 1.24 bits per heavy atom. The van der Waals surface area contributed by atoms with Crippen LogP contribution in [0.25, 0.3) is 0 Å². The van der Waals surface area contributed by atoms with Gasteiger partial charge in [-0.15, -0.1) is 11.3 Å². The molecule has 2 aromatic rings. The third kappa shape index (κ3) is 1.90. The number of hydrogen-bond donors (Lipinski definition) is 2. The zero-order chi connectivity index (χ0) is 11.7. The molecule has 1 aromatic heterocycles. The van der Waals surface area contributed by atoms with E-state index in [1.54, 1.807) is 11.3 Å². The van der Waals surface area contributed by atoms with E-state index in [-0.39, 0.29) is 6.04 Å². The van der Waals surface area contributed by atoms with E-state index in [2.05, 4.69) is 47.2 Å². The summed E-state index contributed by atoms with van der Waals surface area (Å²) in [5, 5.41) is 2.11. The molecule has 3 rings (SSSR count). The van der Waals surface area contributed by atoms with Crippen molar-refractivity contribution < 1.29 is 0 Å². The van der Waals surface area contributed by atoms with Crippen molar-refractivity contribution in [3.05, 3.63) is 57.8 Å². The van der Waals surface area contributed by atoms with Crippen LogP contribution in [0.3, 0.4) is 0 Å². The van der Waals surface area contributed by atoms with Gasteiger partial charge in [-0.1, -0.05) is 30.3 Å². The first-order valence-electron chi connectivity index (χ1n) is 5.97. The van der Waals surface area contributed by atoms with Gasteiger partial charge in [-0.05, 0) is 35.4 Å². The summed E-state index contributed by atoms with van der Waals surface area (Å²) in [5.41, 5.74) is 5.94. The Bertz CT molecular complexity index is 493. The monoisotopic (exact) mass is 244 g/mol. The second-order valence-corrected chi connectivity index (χ2v) is 5.48. The number of nitrogens with two attached hydrogens (primary N) is 1. The van der Waals surface area contributed by atoms with Crippen molar-refractivity contribution in [3.8, 4) is 0 Å². The highest BCUT2D eigenvalue weighted by atomic mass is 32.1. The highest BCUT2D eigenvalue weighted by molar-refractivity contribution is 7.10. The lowest BCUT2D eigenvalue weighted by molar-refractivity contribution is 0.459. The molecule has 17 heavy (non-hydrogen) atoms. The van der Waals surface area contributed by atoms with Crippen LogP contribution in [-0.2, 0) is 6.42 Å². The fourth-order valence-corrected chi connectivity index (χ4v) is 3.65. The SMILES string of the molecule is NNC(c1cccs1)C1CCc2ccccc21. The van der Waals surface area contributed by atoms with Crippen molar-refractivity contribution >= 4 is 11.3 Å². The third-order valence-corrected chi connectivity index (χ3v) is 4.57. The summed E-state index contributed by atoms with van der Waals surface area (Å²) in [6.07, 6.45) is 2.36. The van der Waals surface area contributed by atoms with Gasteiger partial charge in [-0.25, -0.2) is 0 Å². The molecule has 3 heteroatoms. The van der Waals surface area contributed by atoms with Gasteiger partial charge in [0.2, 0.25) is 0 Å². The molecule has 0 saturated heterocycles. The van der Waals surface area contributed by atoms with Gasteiger partial charge in [0, 0.05) is 10.8 Å². The smallest absolute Gasteiger partial charge is 0.0621 e. The number of nitrogens with one attached hydrogen (secondary N) is 1. The van der Waals surface area contributed by atoms with E-state index >= 15 is 0 Å². The van der Waals surface area contributed by atoms with Gasteiger partial charge in [0.25, 0.3) is 0 Å². The molecule has 88 valence electrons. The van der Waals surface area contributed by atoms with Crippen LogP contribution in [0.1, 0.15) is 34.4 Å². The average Bonchev–Trinajstić information content (AvgIpc) is 3.01. The molecular weight excluding hydrogens is 228 g/mol. The van der Waals surface area contributed by atoms with Crippen molar-refractivity contribution in [2.24, 2.45) is 5.84 Å². The van der Waals surface area contributed by atoms with E-state index in [0.29, 0.717) is 5.92 Å². The van der Waals surface area contributed by atoms with E-state index in [4.69, 9.17) is 5.84 Å². The molecule has 1 aliphatic rings. The lowest BCUT2D eigenvalue weighted by atomic mass is 9.92. The first-order valence-corrected chi connectivity index (χ1v) is 6.85. The topological polar surface area (TPSA) is 38.0 Å². The molecule has 0 bridgehead atoms. The van der Waals surface area contributed by atoms with Gasteiger partial charge in [0.1, 0.15) is 0 Å². The molecule has 0 amide bonds. The fourth-order valence-electron chi connectivity index (χ4n) is 2.80. The van der Waals surface area contributed by atoms with E-state index < -0.39 is 0 Å². The summed E-state index contributed by atoms with van der Waals surface area (Å²) in [6, 6.07) is 13.2. The van der Waals surface area contributed by atoms with Gasteiger partial charge < -0.3 is 0 Å². The summed E-state index contributed by atoms with van der Waals surface area (Å²) in [4.78, 5) is 1.33. The maximum atomic E-state index is 5.76. The van der Waals surface area contributed by atoms with Gasteiger partial charge >= 0.3 is 0 Å². The number of thiophene rings is 1. The Balaban J connectivity index is 1.95. The molecule has 1 aromatic carbocycles. The molecule has 2 nitrogen and oxygen atoms in total. The number of fused-ring (bicyclic) bond motifs is 1. The second-order valence-electron chi connectivity index (χ2n) is 4.50. The number of rotatable bonds is 3. The Hall–Kier alpha value is -1.16. The summed E-state index contributed by atoms with van der Waals surface area (Å²) in [7, 11) is 0. The minimum Gasteiger partial charge on any atom is -0.271 e. The molecule has 3 N–H and O–H groups in total. The van der Waals surface area contributed by atoms with Crippen LogP contribution in [-0.4, -0.2) is 0 Å². The lowest BCUT2D eigenvalue weighted by Gasteiger charge is -2.22. The van der Waals surface area contributed by atoms with Crippen molar-refractivity contribution in [1.82, 2.24) is 5.43 Å². The zero-order valence-electron chi connectivity index (χ0n) is 9.60. The Morgan fingerprint density at radius 2 is 2.12 bits per heavy atom. The zero-order valence-corrected chi connectivity index (χ0v) is 10.4. The van der Waals surface area contributed by atoms with Gasteiger partial charge in [0.15, 0.2) is 0 Å². The Labute approximate surface area is 105 Å². The van der Waals surface area contributed by atoms with E-state index in [9.17, 15) is 0 Å². The summed E-state index contributed by atoms with van der Waals surface area (Å²) in [6.45, 7) is 0. The highest BCUT2D eigenvalue weighted by Crippen LogP contribution is 2.42. The largest absolute Gasteiger partial charge is 0.271 e. The molecule has 2 unspecified atom stereocenters. The van der Waals surface area contributed by atoms with Crippen LogP contribution in [0.15, 0.2) is 41.8 Å². The second kappa shape index (κ2) is 4.61. The predicted molar refractivity (Wildman–Crippen MR) is 71.9 cm³/mol. The Morgan fingerprint density at radius 3 is 2.88 bits per heavy atom. The molecule has 1 aliphatic carbocycles. The van der Waals surface area contributed by atoms with Crippen molar-refractivity contribution in [1.29, 1.82) is 0 Å². The molecule has 0 aliphatic heterocycles. The number of hydrogen-bond acceptors (Lipinski definition) is 3. The van der Waals surface area contributed by atoms with Crippen LogP contribution in [0.4, 0.5) is 0 Å². The van der Waals surface area contributed by atoms with Gasteiger partial charge in [0.05, 0.1) is 6.04 Å². The predicted octanol–water partition coefficient (Wildman–Crippen LogP) is 2.98. The first kappa shape index (κ1) is 11.0. The summed E-state index contributed by atoms with van der Waals surface area (Å²) >= 11 is 1.77. The molecule has 1 heterocycles. The van der Waals surface area contributed by atoms with E-state index in [1.165, 1.54) is 28.8 Å². The van der Waals surface area contributed by atoms with Crippen LogP contribution in [0, 0.1) is 0 Å². The minimum absolute atomic E-state index is 0.249. The van der Waals surface area contributed by atoms with E-state index in [0.717, 1.165) is 0 Å². The van der Waals surface area contributed by atoms with Gasteiger partial charge in [-0.3, -0.25) is 11.3 Å². The van der Waals surface area contributed by atoms with Crippen LogP contribution in [0.2, 0.25) is 0 Å². The van der Waals surface area contributed by atoms with Crippen molar-refractivity contribution in [3.63, 3.8) is 0 Å². The van der Waals surface area contributed by atoms with Crippen molar-refractivity contribution in [2.75, 3.05) is 0 Å². The third-order valence-electron chi connectivity index (χ3n) is 3.61. The van der Waals surface area contributed by atoms with Gasteiger partial charge in [-0.2, -0.15) is 0 Å². The summed E-state index contributed by atoms with van der Waals surface area (Å²) < 4.78 is 0. The lowest BCUT2D eigenvalue weighted by Crippen LogP contribution is -2.31. The Kier molecular flexibility index (Phi) is 2.97. The van der Waals surface area contributed by atoms with Crippen LogP contribution < -0.4 is 11.3 Å². The molecule has 2 atom stereocenters. The normalized spacial score (nSPS) is 20.2. The molecule has 0 spiro atoms. The number of benzene rings is 1. The standard InChI is InChI=1S/C14H16N2S/c15-16-14(13-6-3-9-17-13)12-8-7-10-4-1-2-5-11(10)12/h1-6,9,12,14,16H,7-8,15H2. The molecule has 0 fully saturated rings. The maximum absolute atomic E-state index is 5.76. The number of aryl methyl sites for hydroxylation is 1. The minimum atomic E-state index is 0.249. The average molecular weight is 244 g/mol. The maximum Gasteiger partial charge on any atom is 0.0621 e. The van der Waals surface area contributed by atoms with Crippen LogP contribution in [0.5, 0.6) is 0 Å². The fraction of sp³-hybridized carbons (Fsp3) is 0.286. The molecular formula is C14H16N2S.